The third-order valence-electron chi connectivity index (χ3n) is 3.34. The monoisotopic (exact) mass is 232 g/mol. The zero-order valence-corrected chi connectivity index (χ0v) is 11.3. The zero-order valence-electron chi connectivity index (χ0n) is 11.3. The predicted molar refractivity (Wildman–Crippen MR) is 75.9 cm³/mol. The number of para-hydroxylation sites is 2. The van der Waals surface area contributed by atoms with Crippen LogP contribution in [0.5, 0.6) is 0 Å². The lowest BCUT2D eigenvalue weighted by atomic mass is 9.99. The van der Waals surface area contributed by atoms with Gasteiger partial charge in [-0.3, -0.25) is 0 Å². The average molecular weight is 232 g/mol. The topological polar surface area (TPSA) is 15.3 Å². The highest BCUT2D eigenvalue weighted by atomic mass is 15.2. The van der Waals surface area contributed by atoms with Gasteiger partial charge in [-0.15, -0.1) is 0 Å². The summed E-state index contributed by atoms with van der Waals surface area (Å²) in [7, 11) is 0. The van der Waals surface area contributed by atoms with Crippen molar-refractivity contribution in [2.45, 2.75) is 45.6 Å². The van der Waals surface area contributed by atoms with Crippen molar-refractivity contribution in [1.82, 2.24) is 0 Å². The number of fused-ring (bicyclic) bond motifs is 1. The van der Waals surface area contributed by atoms with E-state index >= 15 is 0 Å². The van der Waals surface area contributed by atoms with Gasteiger partial charge in [0.25, 0.3) is 0 Å². The molecule has 2 nitrogen and oxygen atoms in total. The Bertz CT molecular complexity index is 371. The van der Waals surface area contributed by atoms with Crippen LogP contribution in [0.2, 0.25) is 0 Å². The molecule has 0 amide bonds. The van der Waals surface area contributed by atoms with Crippen molar-refractivity contribution in [2.24, 2.45) is 0 Å². The van der Waals surface area contributed by atoms with Crippen LogP contribution in [0.1, 0.15) is 40.0 Å². The van der Waals surface area contributed by atoms with E-state index in [1.165, 1.54) is 37.2 Å². The molecule has 1 heterocycles. The molecule has 0 spiro atoms. The maximum Gasteiger partial charge on any atom is 0.0602 e. The van der Waals surface area contributed by atoms with Gasteiger partial charge in [-0.1, -0.05) is 31.9 Å². The van der Waals surface area contributed by atoms with Crippen LogP contribution in [-0.2, 0) is 0 Å². The van der Waals surface area contributed by atoms with Crippen LogP contribution in [0, 0.1) is 0 Å². The number of nitrogens with one attached hydrogen (secondary N) is 1. The van der Waals surface area contributed by atoms with Gasteiger partial charge in [-0.2, -0.15) is 0 Å². The maximum atomic E-state index is 3.61. The fourth-order valence-corrected chi connectivity index (χ4v) is 2.57. The lowest BCUT2D eigenvalue weighted by Crippen LogP contribution is -2.48. The Kier molecular flexibility index (Phi) is 3.60. The number of hydrogen-bond acceptors (Lipinski definition) is 2. The fraction of sp³-hybridized carbons (Fsp3) is 0.600. The Morgan fingerprint density at radius 2 is 2.00 bits per heavy atom. The normalized spacial score (nSPS) is 17.5. The van der Waals surface area contributed by atoms with Crippen molar-refractivity contribution in [3.05, 3.63) is 24.3 Å². The fourth-order valence-electron chi connectivity index (χ4n) is 2.57. The van der Waals surface area contributed by atoms with E-state index in [1.807, 2.05) is 0 Å². The third-order valence-corrected chi connectivity index (χ3v) is 3.34. The Morgan fingerprint density at radius 3 is 2.76 bits per heavy atom. The van der Waals surface area contributed by atoms with E-state index in [0.717, 1.165) is 6.54 Å². The highest BCUT2D eigenvalue weighted by molar-refractivity contribution is 5.73. The summed E-state index contributed by atoms with van der Waals surface area (Å²) in [5, 5.41) is 3.61. The molecule has 0 bridgehead atoms. The smallest absolute Gasteiger partial charge is 0.0602 e. The van der Waals surface area contributed by atoms with Gasteiger partial charge in [-0.25, -0.2) is 0 Å². The Hall–Kier alpha value is -1.18. The lowest BCUT2D eigenvalue weighted by molar-refractivity contribution is 0.522. The van der Waals surface area contributed by atoms with E-state index in [9.17, 15) is 0 Å². The van der Waals surface area contributed by atoms with Gasteiger partial charge in [-0.05, 0) is 32.4 Å². The summed E-state index contributed by atoms with van der Waals surface area (Å²) < 4.78 is 0. The zero-order chi connectivity index (χ0) is 12.3. The summed E-state index contributed by atoms with van der Waals surface area (Å²) in [5.41, 5.74) is 2.81. The van der Waals surface area contributed by atoms with E-state index in [1.54, 1.807) is 0 Å². The van der Waals surface area contributed by atoms with Crippen molar-refractivity contribution in [1.29, 1.82) is 0 Å². The molecule has 94 valence electrons. The standard InChI is InChI=1S/C15H24N2/c1-4-5-8-11-17-12-15(2,3)16-13-9-6-7-10-14(13)17/h6-7,9-10,16H,4-5,8,11-12H2,1-3H3. The number of hydrogen-bond donors (Lipinski definition) is 1. The molecule has 0 saturated heterocycles. The quantitative estimate of drug-likeness (QED) is 0.792. The molecule has 1 aliphatic heterocycles. The minimum Gasteiger partial charge on any atom is -0.377 e. The number of anilines is 2. The first-order valence-corrected chi connectivity index (χ1v) is 6.74. The maximum absolute atomic E-state index is 3.61. The molecule has 1 aliphatic rings. The van der Waals surface area contributed by atoms with Crippen LogP contribution >= 0.6 is 0 Å². The van der Waals surface area contributed by atoms with Crippen molar-refractivity contribution in [3.63, 3.8) is 0 Å². The first-order valence-electron chi connectivity index (χ1n) is 6.74. The second-order valence-corrected chi connectivity index (χ2v) is 5.65. The molecule has 1 aromatic rings. The summed E-state index contributed by atoms with van der Waals surface area (Å²) >= 11 is 0. The lowest BCUT2D eigenvalue weighted by Gasteiger charge is -2.42. The second kappa shape index (κ2) is 4.99. The third kappa shape index (κ3) is 2.93. The number of rotatable bonds is 4. The Labute approximate surface area is 105 Å². The molecule has 0 aliphatic carbocycles. The minimum absolute atomic E-state index is 0.167. The number of unbranched alkanes of at least 4 members (excludes halogenated alkanes) is 2. The van der Waals surface area contributed by atoms with Crippen LogP contribution in [0.4, 0.5) is 11.4 Å². The molecule has 1 aromatic carbocycles. The highest BCUT2D eigenvalue weighted by Crippen LogP contribution is 2.34. The van der Waals surface area contributed by atoms with Crippen molar-refractivity contribution in [3.8, 4) is 0 Å². The van der Waals surface area contributed by atoms with Gasteiger partial charge in [0.2, 0.25) is 0 Å². The van der Waals surface area contributed by atoms with Gasteiger partial charge in [0.15, 0.2) is 0 Å². The van der Waals surface area contributed by atoms with Gasteiger partial charge in [0.1, 0.15) is 0 Å². The van der Waals surface area contributed by atoms with Gasteiger partial charge in [0, 0.05) is 18.6 Å². The van der Waals surface area contributed by atoms with Crippen LogP contribution < -0.4 is 10.2 Å². The molecule has 1 N–H and O–H groups in total. The number of nitrogens with zero attached hydrogens (tertiary/aromatic N) is 1. The summed E-state index contributed by atoms with van der Waals surface area (Å²) in [6.45, 7) is 9.07. The second-order valence-electron chi connectivity index (χ2n) is 5.65. The average Bonchev–Trinajstić information content (AvgIpc) is 2.28. The van der Waals surface area contributed by atoms with Crippen LogP contribution in [0.3, 0.4) is 0 Å². The highest BCUT2D eigenvalue weighted by Gasteiger charge is 2.28. The summed E-state index contributed by atoms with van der Waals surface area (Å²) in [6, 6.07) is 8.65. The molecule has 2 heteroatoms. The van der Waals surface area contributed by atoms with E-state index in [4.69, 9.17) is 0 Å². The van der Waals surface area contributed by atoms with Gasteiger partial charge >= 0.3 is 0 Å². The predicted octanol–water partition coefficient (Wildman–Crippen LogP) is 3.89. The summed E-state index contributed by atoms with van der Waals surface area (Å²) in [5.74, 6) is 0. The Morgan fingerprint density at radius 1 is 1.24 bits per heavy atom. The molecule has 0 unspecified atom stereocenters. The van der Waals surface area contributed by atoms with E-state index in [-0.39, 0.29) is 5.54 Å². The molecular weight excluding hydrogens is 208 g/mol. The molecule has 0 aromatic heterocycles. The van der Waals surface area contributed by atoms with Crippen molar-refractivity contribution >= 4 is 11.4 Å². The van der Waals surface area contributed by atoms with Gasteiger partial charge < -0.3 is 10.2 Å². The van der Waals surface area contributed by atoms with E-state index in [2.05, 4.69) is 55.3 Å². The van der Waals surface area contributed by atoms with E-state index in [0.29, 0.717) is 0 Å². The largest absolute Gasteiger partial charge is 0.377 e. The minimum atomic E-state index is 0.167. The van der Waals surface area contributed by atoms with Crippen LogP contribution in [0.25, 0.3) is 0 Å². The molecule has 0 saturated carbocycles. The first-order chi connectivity index (χ1) is 8.12. The first kappa shape index (κ1) is 12.3. The molecule has 2 rings (SSSR count). The number of benzene rings is 1. The molecule has 0 atom stereocenters. The summed E-state index contributed by atoms with van der Waals surface area (Å²) in [4.78, 5) is 2.53. The van der Waals surface area contributed by atoms with Crippen molar-refractivity contribution < 1.29 is 0 Å². The van der Waals surface area contributed by atoms with E-state index < -0.39 is 0 Å². The van der Waals surface area contributed by atoms with Crippen LogP contribution in [-0.4, -0.2) is 18.6 Å². The molecule has 0 radical (unpaired) electrons. The molecular formula is C15H24N2. The van der Waals surface area contributed by atoms with Crippen molar-refractivity contribution in [2.75, 3.05) is 23.3 Å². The summed E-state index contributed by atoms with van der Waals surface area (Å²) in [6.07, 6.45) is 3.91. The van der Waals surface area contributed by atoms with Crippen LogP contribution in [0.15, 0.2) is 24.3 Å². The Balaban J connectivity index is 2.15. The molecule has 0 fully saturated rings. The van der Waals surface area contributed by atoms with Gasteiger partial charge in [0.05, 0.1) is 11.4 Å². The molecule has 17 heavy (non-hydrogen) atoms. The SMILES string of the molecule is CCCCCN1CC(C)(C)Nc2ccccc21.